The van der Waals surface area contributed by atoms with E-state index in [-0.39, 0.29) is 50.3 Å². The third-order valence-electron chi connectivity index (χ3n) is 13.4. The van der Waals surface area contributed by atoms with Gasteiger partial charge in [0.05, 0.1) is 31.1 Å². The number of amides is 2. The van der Waals surface area contributed by atoms with Crippen LogP contribution in [0.4, 0.5) is 5.69 Å². The second-order valence-electron chi connectivity index (χ2n) is 18.5. The molecule has 1 aromatic heterocycles. The molecule has 360 valence electrons. The zero-order chi connectivity index (χ0) is 46.7. The Labute approximate surface area is 398 Å². The van der Waals surface area contributed by atoms with Gasteiger partial charge in [0.15, 0.2) is 19.0 Å². The first kappa shape index (κ1) is 47.4. The molecule has 0 spiro atoms. The van der Waals surface area contributed by atoms with E-state index in [1.807, 2.05) is 54.6 Å². The predicted octanol–water partition coefficient (Wildman–Crippen LogP) is 4.23. The summed E-state index contributed by atoms with van der Waals surface area (Å²) in [7, 11) is 0. The maximum absolute atomic E-state index is 13.3. The van der Waals surface area contributed by atoms with E-state index in [0.29, 0.717) is 62.9 Å². The number of nitrogens with zero attached hydrogens (tertiary/aromatic N) is 4. The van der Waals surface area contributed by atoms with E-state index in [1.165, 1.54) is 22.3 Å². The lowest BCUT2D eigenvalue weighted by Crippen LogP contribution is -2.43. The summed E-state index contributed by atoms with van der Waals surface area (Å²) in [6, 6.07) is 32.6. The average Bonchev–Trinajstić information content (AvgIpc) is 3.36. The number of carbonyl (C=O) groups excluding carboxylic acids is 2. The molecule has 0 aliphatic carbocycles. The van der Waals surface area contributed by atoms with Crippen LogP contribution in [0.1, 0.15) is 52.5 Å². The summed E-state index contributed by atoms with van der Waals surface area (Å²) in [5.74, 6) is 0.519. The SMILES string of the molecule is O=C(COc1cccc(NC2CCOC(c3ccc4ccc(CN5CCOCC5)c(OCC(=O)NCC(O)CN5CCc6ccccc6C5)c4n3)C2)c1)NCC(O)CN1CCc2ccccc2C1. The molecule has 2 amide bonds. The maximum Gasteiger partial charge on any atom is 0.258 e. The fourth-order valence-electron chi connectivity index (χ4n) is 9.73. The van der Waals surface area contributed by atoms with Crippen molar-refractivity contribution in [3.63, 3.8) is 0 Å². The molecule has 5 aromatic rings. The Morgan fingerprint density at radius 2 is 1.34 bits per heavy atom. The van der Waals surface area contributed by atoms with E-state index >= 15 is 0 Å². The van der Waals surface area contributed by atoms with Crippen LogP contribution in [0.5, 0.6) is 11.5 Å². The maximum atomic E-state index is 13.3. The number of benzene rings is 4. The lowest BCUT2D eigenvalue weighted by atomic mass is 9.99. The highest BCUT2D eigenvalue weighted by atomic mass is 16.5. The number of aliphatic hydroxyl groups is 2. The third kappa shape index (κ3) is 12.9. The number of ether oxygens (including phenoxy) is 4. The Hall–Kier alpha value is -5.65. The minimum absolute atomic E-state index is 0.0767. The van der Waals surface area contributed by atoms with E-state index in [1.54, 1.807) is 0 Å². The minimum Gasteiger partial charge on any atom is -0.484 e. The molecule has 4 aliphatic heterocycles. The predicted molar refractivity (Wildman–Crippen MR) is 259 cm³/mol. The van der Waals surface area contributed by atoms with Crippen molar-refractivity contribution in [1.82, 2.24) is 30.3 Å². The Balaban J connectivity index is 0.780. The molecule has 0 bridgehead atoms. The summed E-state index contributed by atoms with van der Waals surface area (Å²) in [4.78, 5) is 37.9. The van der Waals surface area contributed by atoms with Crippen molar-refractivity contribution in [2.75, 3.05) is 90.7 Å². The molecule has 2 fully saturated rings. The van der Waals surface area contributed by atoms with Crippen LogP contribution in [-0.4, -0.2) is 145 Å². The summed E-state index contributed by atoms with van der Waals surface area (Å²) in [6.45, 7) is 8.25. The molecule has 15 nitrogen and oxygen atoms in total. The number of aliphatic hydroxyl groups excluding tert-OH is 2. The summed E-state index contributed by atoms with van der Waals surface area (Å²) in [5, 5.41) is 31.8. The van der Waals surface area contributed by atoms with Crippen molar-refractivity contribution < 1.29 is 38.7 Å². The zero-order valence-corrected chi connectivity index (χ0v) is 38.8. The first-order valence-electron chi connectivity index (χ1n) is 24.2. The largest absolute Gasteiger partial charge is 0.484 e. The van der Waals surface area contributed by atoms with Crippen LogP contribution in [-0.2, 0) is 51.5 Å². The molecule has 4 atom stereocenters. The van der Waals surface area contributed by atoms with Gasteiger partial charge in [-0.25, -0.2) is 4.98 Å². The normalized spacial score (nSPS) is 19.9. The van der Waals surface area contributed by atoms with Crippen LogP contribution in [0, 0.1) is 0 Å². The van der Waals surface area contributed by atoms with Crippen LogP contribution in [0.3, 0.4) is 0 Å². The average molecular weight is 928 g/mol. The number of aromatic nitrogens is 1. The number of anilines is 1. The number of pyridine rings is 1. The van der Waals surface area contributed by atoms with Crippen molar-refractivity contribution in [2.45, 2.75) is 69.7 Å². The van der Waals surface area contributed by atoms with Crippen molar-refractivity contribution in [2.24, 2.45) is 0 Å². The molecule has 2 saturated heterocycles. The first-order chi connectivity index (χ1) is 33.3. The molecule has 0 radical (unpaired) electrons. The number of morpholine rings is 1. The fourth-order valence-corrected chi connectivity index (χ4v) is 9.73. The van der Waals surface area contributed by atoms with Crippen LogP contribution >= 0.6 is 0 Å². The van der Waals surface area contributed by atoms with Crippen LogP contribution in [0.2, 0.25) is 0 Å². The zero-order valence-electron chi connectivity index (χ0n) is 38.8. The van der Waals surface area contributed by atoms with E-state index in [9.17, 15) is 19.8 Å². The Morgan fingerprint density at radius 1 is 0.706 bits per heavy atom. The number of hydrogen-bond acceptors (Lipinski definition) is 13. The lowest BCUT2D eigenvalue weighted by Gasteiger charge is -2.31. The first-order valence-corrected chi connectivity index (χ1v) is 24.2. The fraction of sp³-hybridized carbons (Fsp3) is 0.453. The number of rotatable bonds is 19. The van der Waals surface area contributed by atoms with Gasteiger partial charge in [-0.15, -0.1) is 0 Å². The Morgan fingerprint density at radius 3 is 2.01 bits per heavy atom. The molecule has 0 saturated carbocycles. The molecule has 9 rings (SSSR count). The van der Waals surface area contributed by atoms with Gasteiger partial charge in [-0.3, -0.25) is 24.3 Å². The Bertz CT molecular complexity index is 2490. The molecule has 15 heteroatoms. The monoisotopic (exact) mass is 927 g/mol. The number of nitrogens with one attached hydrogen (secondary N) is 3. The number of fused-ring (bicyclic) bond motifs is 3. The highest BCUT2D eigenvalue weighted by molar-refractivity contribution is 5.87. The Kier molecular flexibility index (Phi) is 16.1. The van der Waals surface area contributed by atoms with Crippen LogP contribution in [0.25, 0.3) is 10.9 Å². The van der Waals surface area contributed by atoms with Gasteiger partial charge in [0, 0.05) is 107 Å². The molecule has 5 heterocycles. The van der Waals surface area contributed by atoms with Crippen LogP contribution in [0.15, 0.2) is 97.1 Å². The third-order valence-corrected chi connectivity index (χ3v) is 13.4. The molecule has 4 unspecified atom stereocenters. The van der Waals surface area contributed by atoms with Crippen molar-refractivity contribution in [1.29, 1.82) is 0 Å². The minimum atomic E-state index is -0.714. The van der Waals surface area contributed by atoms with Gasteiger partial charge in [0.25, 0.3) is 11.8 Å². The number of carbonyl (C=O) groups is 2. The van der Waals surface area contributed by atoms with Gasteiger partial charge in [-0.2, -0.15) is 0 Å². The smallest absolute Gasteiger partial charge is 0.258 e. The van der Waals surface area contributed by atoms with E-state index in [4.69, 9.17) is 23.9 Å². The van der Waals surface area contributed by atoms with E-state index in [2.05, 4.69) is 73.1 Å². The standard InChI is InChI=1S/C53H65N7O8/c61-45(33-59-19-16-37-6-1-3-8-40(37)30-59)28-54-50(63)35-67-47-11-5-10-43(26-47)56-44-18-23-66-49(27-44)48-15-14-39-12-13-42(32-58-21-24-65-25-22-58)53(52(39)57-48)68-36-51(64)55-29-46(62)34-60-20-17-38-7-2-4-9-41(38)31-60/h1-15,26,44-46,49,56,61-62H,16-25,27-36H2,(H,54,63)(H,55,64). The summed E-state index contributed by atoms with van der Waals surface area (Å²) >= 11 is 0. The van der Waals surface area contributed by atoms with Gasteiger partial charge in [0.2, 0.25) is 0 Å². The van der Waals surface area contributed by atoms with E-state index < -0.39 is 12.2 Å². The van der Waals surface area contributed by atoms with Crippen molar-refractivity contribution in [3.05, 3.63) is 131 Å². The molecule has 68 heavy (non-hydrogen) atoms. The summed E-state index contributed by atoms with van der Waals surface area (Å²) in [6.07, 6.45) is 1.67. The second-order valence-corrected chi connectivity index (χ2v) is 18.5. The van der Waals surface area contributed by atoms with Gasteiger partial charge in [-0.05, 0) is 66.1 Å². The number of hydrogen-bond donors (Lipinski definition) is 5. The van der Waals surface area contributed by atoms with Gasteiger partial charge < -0.3 is 45.1 Å². The highest BCUT2D eigenvalue weighted by Gasteiger charge is 2.27. The van der Waals surface area contributed by atoms with E-state index in [0.717, 1.165) is 80.9 Å². The molecule has 4 aliphatic rings. The topological polar surface area (TPSA) is 170 Å². The molecular formula is C53H65N7O8. The van der Waals surface area contributed by atoms with Gasteiger partial charge in [-0.1, -0.05) is 72.8 Å². The number of β-amino-alcohol motifs (C(OH)–C–C–N with tert-alkyl or cyclic N) is 2. The summed E-state index contributed by atoms with van der Waals surface area (Å²) in [5.41, 5.74) is 8.53. The van der Waals surface area contributed by atoms with Gasteiger partial charge >= 0.3 is 0 Å². The van der Waals surface area contributed by atoms with Crippen LogP contribution < -0.4 is 25.4 Å². The summed E-state index contributed by atoms with van der Waals surface area (Å²) < 4.78 is 24.2. The molecule has 4 aromatic carbocycles. The molecule has 5 N–H and O–H groups in total. The van der Waals surface area contributed by atoms with Gasteiger partial charge in [0.1, 0.15) is 17.4 Å². The van der Waals surface area contributed by atoms with Crippen molar-refractivity contribution >= 4 is 28.4 Å². The quantitative estimate of drug-likeness (QED) is 0.0799. The van der Waals surface area contributed by atoms with Crippen molar-refractivity contribution in [3.8, 4) is 11.5 Å². The highest BCUT2D eigenvalue weighted by Crippen LogP contribution is 2.35. The lowest BCUT2D eigenvalue weighted by molar-refractivity contribution is -0.124. The molecular weight excluding hydrogens is 863 g/mol. The second kappa shape index (κ2) is 23.1.